The lowest BCUT2D eigenvalue weighted by molar-refractivity contribution is 0.0658. The smallest absolute Gasteiger partial charge is 0.255 e. The number of aryl methyl sites for hydroxylation is 1. The van der Waals surface area contributed by atoms with Crippen molar-refractivity contribution in [2.24, 2.45) is 0 Å². The summed E-state index contributed by atoms with van der Waals surface area (Å²) in [5, 5.41) is 8.70. The first kappa shape index (κ1) is 18.6. The second-order valence-electron chi connectivity index (χ2n) is 7.84. The summed E-state index contributed by atoms with van der Waals surface area (Å²) >= 11 is 0. The van der Waals surface area contributed by atoms with E-state index in [0.717, 1.165) is 40.9 Å². The molecule has 6 heteroatoms. The van der Waals surface area contributed by atoms with Gasteiger partial charge in [0.15, 0.2) is 5.65 Å². The molecular formula is C22H27N5O. The molecule has 1 saturated heterocycles. The fourth-order valence-corrected chi connectivity index (χ4v) is 3.87. The van der Waals surface area contributed by atoms with Gasteiger partial charge in [0.05, 0.1) is 22.8 Å². The van der Waals surface area contributed by atoms with Gasteiger partial charge in [-0.25, -0.2) is 9.67 Å². The van der Waals surface area contributed by atoms with Gasteiger partial charge in [-0.15, -0.1) is 0 Å². The Labute approximate surface area is 165 Å². The van der Waals surface area contributed by atoms with Crippen LogP contribution >= 0.6 is 0 Å². The van der Waals surface area contributed by atoms with Crippen LogP contribution in [0.2, 0.25) is 0 Å². The van der Waals surface area contributed by atoms with Crippen LogP contribution in [-0.2, 0) is 0 Å². The number of rotatable bonds is 3. The largest absolute Gasteiger partial charge is 0.333 e. The molecule has 1 aromatic carbocycles. The number of piperazine rings is 1. The zero-order valence-corrected chi connectivity index (χ0v) is 16.9. The fraction of sp³-hybridized carbons (Fsp3) is 0.409. The Morgan fingerprint density at radius 3 is 2.79 bits per heavy atom. The summed E-state index contributed by atoms with van der Waals surface area (Å²) in [5.74, 6) is 0.0551. The SMILES string of the molecule is Cc1ccccc1-c1cc(C(=O)N2CCNC[C@H]2C)c2cnn(C(C)C)c2n1. The van der Waals surface area contributed by atoms with Crippen molar-refractivity contribution in [1.82, 2.24) is 25.0 Å². The average Bonchev–Trinajstić information content (AvgIpc) is 3.12. The zero-order chi connectivity index (χ0) is 19.8. The van der Waals surface area contributed by atoms with Crippen LogP contribution in [0.25, 0.3) is 22.3 Å². The number of carbonyl (C=O) groups excluding carboxylic acids is 1. The highest BCUT2D eigenvalue weighted by Gasteiger charge is 2.27. The topological polar surface area (TPSA) is 63.1 Å². The van der Waals surface area contributed by atoms with Gasteiger partial charge < -0.3 is 10.2 Å². The maximum Gasteiger partial charge on any atom is 0.255 e. The number of aromatic nitrogens is 3. The quantitative estimate of drug-likeness (QED) is 0.760. The molecule has 1 aliphatic heterocycles. The van der Waals surface area contributed by atoms with Gasteiger partial charge in [-0.3, -0.25) is 4.79 Å². The molecule has 0 unspecified atom stereocenters. The number of hydrogen-bond acceptors (Lipinski definition) is 4. The first-order valence-electron chi connectivity index (χ1n) is 9.93. The van der Waals surface area contributed by atoms with Gasteiger partial charge in [0.1, 0.15) is 0 Å². The van der Waals surface area contributed by atoms with E-state index in [1.54, 1.807) is 6.20 Å². The highest BCUT2D eigenvalue weighted by molar-refractivity contribution is 6.06. The Kier molecular flexibility index (Phi) is 4.89. The molecule has 4 rings (SSSR count). The number of hydrogen-bond donors (Lipinski definition) is 1. The van der Waals surface area contributed by atoms with E-state index in [2.05, 4.69) is 50.2 Å². The van der Waals surface area contributed by atoms with E-state index in [4.69, 9.17) is 4.98 Å². The number of amides is 1. The molecule has 2 aromatic heterocycles. The minimum atomic E-state index is 0.0551. The van der Waals surface area contributed by atoms with Crippen LogP contribution in [0.3, 0.4) is 0 Å². The first-order chi connectivity index (χ1) is 13.5. The summed E-state index contributed by atoms with van der Waals surface area (Å²) < 4.78 is 1.90. The van der Waals surface area contributed by atoms with Crippen molar-refractivity contribution in [3.05, 3.63) is 47.7 Å². The van der Waals surface area contributed by atoms with Gasteiger partial charge in [0.2, 0.25) is 0 Å². The van der Waals surface area contributed by atoms with Crippen LogP contribution < -0.4 is 5.32 Å². The van der Waals surface area contributed by atoms with E-state index in [1.807, 2.05) is 27.8 Å². The summed E-state index contributed by atoms with van der Waals surface area (Å²) in [5.41, 5.74) is 4.45. The third kappa shape index (κ3) is 3.18. The molecule has 1 N–H and O–H groups in total. The minimum absolute atomic E-state index is 0.0551. The fourth-order valence-electron chi connectivity index (χ4n) is 3.87. The molecule has 3 aromatic rings. The third-order valence-corrected chi connectivity index (χ3v) is 5.47. The number of fused-ring (bicyclic) bond motifs is 1. The predicted octanol–water partition coefficient (Wildman–Crippen LogP) is 3.42. The van der Waals surface area contributed by atoms with Gasteiger partial charge in [0.25, 0.3) is 5.91 Å². The summed E-state index contributed by atoms with van der Waals surface area (Å²) in [6.07, 6.45) is 1.78. The van der Waals surface area contributed by atoms with Crippen LogP contribution in [0.4, 0.5) is 0 Å². The van der Waals surface area contributed by atoms with Crippen molar-refractivity contribution < 1.29 is 4.79 Å². The Bertz CT molecular complexity index is 1020. The molecule has 6 nitrogen and oxygen atoms in total. The van der Waals surface area contributed by atoms with Crippen molar-refractivity contribution in [3.63, 3.8) is 0 Å². The second kappa shape index (κ2) is 7.36. The number of benzene rings is 1. The zero-order valence-electron chi connectivity index (χ0n) is 16.9. The molecule has 28 heavy (non-hydrogen) atoms. The van der Waals surface area contributed by atoms with Gasteiger partial charge in [-0.2, -0.15) is 5.10 Å². The lowest BCUT2D eigenvalue weighted by Gasteiger charge is -2.34. The Morgan fingerprint density at radius 1 is 1.29 bits per heavy atom. The Balaban J connectivity index is 1.91. The van der Waals surface area contributed by atoms with Crippen LogP contribution in [-0.4, -0.2) is 51.2 Å². The predicted molar refractivity (Wildman–Crippen MR) is 111 cm³/mol. The highest BCUT2D eigenvalue weighted by Crippen LogP contribution is 2.29. The van der Waals surface area contributed by atoms with Crippen molar-refractivity contribution in [3.8, 4) is 11.3 Å². The van der Waals surface area contributed by atoms with E-state index < -0.39 is 0 Å². The molecule has 146 valence electrons. The minimum Gasteiger partial charge on any atom is -0.333 e. The van der Waals surface area contributed by atoms with Crippen molar-refractivity contribution in [2.45, 2.75) is 39.8 Å². The van der Waals surface area contributed by atoms with Crippen LogP contribution in [0.5, 0.6) is 0 Å². The van der Waals surface area contributed by atoms with E-state index in [9.17, 15) is 4.79 Å². The van der Waals surface area contributed by atoms with Crippen molar-refractivity contribution >= 4 is 16.9 Å². The molecule has 0 bridgehead atoms. The van der Waals surface area contributed by atoms with Crippen molar-refractivity contribution in [1.29, 1.82) is 0 Å². The average molecular weight is 377 g/mol. The maximum absolute atomic E-state index is 13.5. The van der Waals surface area contributed by atoms with E-state index >= 15 is 0 Å². The summed E-state index contributed by atoms with van der Waals surface area (Å²) in [4.78, 5) is 20.4. The highest BCUT2D eigenvalue weighted by atomic mass is 16.2. The molecular weight excluding hydrogens is 350 g/mol. The standard InChI is InChI=1S/C22H27N5O/c1-14(2)27-21-19(13-24-27)18(22(28)26-10-9-23-12-16(26)4)11-20(25-21)17-8-6-5-7-15(17)3/h5-8,11,13-14,16,23H,9-10,12H2,1-4H3/t16-/m1/s1. The van der Waals surface area contributed by atoms with Crippen LogP contribution in [0, 0.1) is 6.92 Å². The Hall–Kier alpha value is -2.73. The molecule has 1 amide bonds. The summed E-state index contributed by atoms with van der Waals surface area (Å²) in [6, 6.07) is 10.4. The lowest BCUT2D eigenvalue weighted by atomic mass is 10.0. The van der Waals surface area contributed by atoms with Gasteiger partial charge >= 0.3 is 0 Å². The molecule has 1 fully saturated rings. The molecule has 0 aliphatic carbocycles. The molecule has 3 heterocycles. The van der Waals surface area contributed by atoms with Crippen molar-refractivity contribution in [2.75, 3.05) is 19.6 Å². The normalized spacial score (nSPS) is 17.5. The molecule has 0 saturated carbocycles. The first-order valence-corrected chi connectivity index (χ1v) is 9.93. The van der Waals surface area contributed by atoms with E-state index in [-0.39, 0.29) is 18.0 Å². The number of carbonyl (C=O) groups is 1. The maximum atomic E-state index is 13.5. The Morgan fingerprint density at radius 2 is 2.07 bits per heavy atom. The summed E-state index contributed by atoms with van der Waals surface area (Å²) in [6.45, 7) is 10.7. The van der Waals surface area contributed by atoms with E-state index in [1.165, 1.54) is 0 Å². The number of nitrogens with one attached hydrogen (secondary N) is 1. The molecule has 1 atom stereocenters. The van der Waals surface area contributed by atoms with Gasteiger partial charge in [0, 0.05) is 37.3 Å². The molecule has 0 radical (unpaired) electrons. The second-order valence-corrected chi connectivity index (χ2v) is 7.84. The lowest BCUT2D eigenvalue weighted by Crippen LogP contribution is -2.52. The third-order valence-electron chi connectivity index (χ3n) is 5.47. The van der Waals surface area contributed by atoms with Gasteiger partial charge in [-0.05, 0) is 39.3 Å². The van der Waals surface area contributed by atoms with Crippen LogP contribution in [0.15, 0.2) is 36.5 Å². The van der Waals surface area contributed by atoms with E-state index in [0.29, 0.717) is 12.1 Å². The van der Waals surface area contributed by atoms with Crippen LogP contribution in [0.1, 0.15) is 42.7 Å². The molecule has 0 spiro atoms. The molecule has 1 aliphatic rings. The summed E-state index contributed by atoms with van der Waals surface area (Å²) in [7, 11) is 0. The number of pyridine rings is 1. The number of nitrogens with zero attached hydrogens (tertiary/aromatic N) is 4. The monoisotopic (exact) mass is 377 g/mol. The van der Waals surface area contributed by atoms with Gasteiger partial charge in [-0.1, -0.05) is 24.3 Å².